The van der Waals surface area contributed by atoms with Gasteiger partial charge in [0.15, 0.2) is 0 Å². The smallest absolute Gasteiger partial charge is 0.319 e. The molecule has 1 heterocycles. The van der Waals surface area contributed by atoms with Crippen molar-refractivity contribution in [2.45, 2.75) is 32.2 Å². The molecule has 1 atom stereocenters. The van der Waals surface area contributed by atoms with Crippen molar-refractivity contribution in [1.82, 2.24) is 15.1 Å². The molecule has 1 aromatic rings. The van der Waals surface area contributed by atoms with E-state index in [0.717, 1.165) is 11.1 Å². The van der Waals surface area contributed by atoms with Crippen LogP contribution in [-0.2, 0) is 14.3 Å². The van der Waals surface area contributed by atoms with Crippen molar-refractivity contribution in [2.24, 2.45) is 5.92 Å². The molecular formula is C20H29N3O4. The molecule has 148 valence electrons. The molecule has 1 aliphatic rings. The van der Waals surface area contributed by atoms with Crippen LogP contribution in [0.25, 0.3) is 0 Å². The molecule has 1 aliphatic heterocycles. The number of rotatable bonds is 5. The summed E-state index contributed by atoms with van der Waals surface area (Å²) < 4.78 is 4.78. The Balaban J connectivity index is 2.00. The maximum absolute atomic E-state index is 12.8. The molecule has 0 spiro atoms. The van der Waals surface area contributed by atoms with E-state index in [0.29, 0.717) is 25.9 Å². The summed E-state index contributed by atoms with van der Waals surface area (Å²) in [6.45, 7) is 3.10. The van der Waals surface area contributed by atoms with Gasteiger partial charge in [0, 0.05) is 33.1 Å². The Morgan fingerprint density at radius 3 is 2.30 bits per heavy atom. The molecule has 1 saturated heterocycles. The molecule has 0 radical (unpaired) electrons. The lowest BCUT2D eigenvalue weighted by atomic mass is 9.94. The van der Waals surface area contributed by atoms with Crippen molar-refractivity contribution in [2.75, 3.05) is 34.3 Å². The number of nitrogens with zero attached hydrogens (tertiary/aromatic N) is 2. The van der Waals surface area contributed by atoms with Crippen molar-refractivity contribution in [3.05, 3.63) is 35.4 Å². The zero-order valence-corrected chi connectivity index (χ0v) is 16.5. The van der Waals surface area contributed by atoms with Gasteiger partial charge in [-0.05, 0) is 25.3 Å². The van der Waals surface area contributed by atoms with Crippen LogP contribution < -0.4 is 5.32 Å². The molecule has 7 nitrogen and oxygen atoms in total. The van der Waals surface area contributed by atoms with Gasteiger partial charge in [0.1, 0.15) is 0 Å². The number of carbonyl (C=O) groups is 3. The Morgan fingerprint density at radius 2 is 1.78 bits per heavy atom. The topological polar surface area (TPSA) is 79.0 Å². The quantitative estimate of drug-likeness (QED) is 0.800. The Bertz CT molecular complexity index is 664. The van der Waals surface area contributed by atoms with Gasteiger partial charge in [-0.3, -0.25) is 9.59 Å². The average molecular weight is 375 g/mol. The van der Waals surface area contributed by atoms with E-state index < -0.39 is 6.04 Å². The molecule has 1 N–H and O–H groups in total. The van der Waals surface area contributed by atoms with Crippen molar-refractivity contribution in [1.29, 1.82) is 0 Å². The first-order chi connectivity index (χ1) is 12.8. The Kier molecular flexibility index (Phi) is 7.21. The fourth-order valence-electron chi connectivity index (χ4n) is 3.21. The minimum Gasteiger partial charge on any atom is -0.469 e. The van der Waals surface area contributed by atoms with Crippen molar-refractivity contribution < 1.29 is 19.1 Å². The highest BCUT2D eigenvalue weighted by Crippen LogP contribution is 2.22. The number of carbonyl (C=O) groups excluding carboxylic acids is 3. The summed E-state index contributed by atoms with van der Waals surface area (Å²) in [7, 11) is 4.79. The monoisotopic (exact) mass is 375 g/mol. The summed E-state index contributed by atoms with van der Waals surface area (Å²) in [4.78, 5) is 39.9. The number of methoxy groups -OCH3 is 1. The number of amides is 3. The lowest BCUT2D eigenvalue weighted by molar-refractivity contribution is -0.141. The Hall–Kier alpha value is -2.57. The minimum absolute atomic E-state index is 0.0305. The first kappa shape index (κ1) is 20.7. The first-order valence-corrected chi connectivity index (χ1v) is 9.21. The number of hydrogen-bond donors (Lipinski definition) is 1. The maximum atomic E-state index is 12.8. The van der Waals surface area contributed by atoms with Crippen molar-refractivity contribution >= 4 is 17.9 Å². The molecule has 0 bridgehead atoms. The predicted molar refractivity (Wildman–Crippen MR) is 102 cm³/mol. The fraction of sp³-hybridized carbons (Fsp3) is 0.550. The predicted octanol–water partition coefficient (Wildman–Crippen LogP) is 2.11. The van der Waals surface area contributed by atoms with E-state index in [1.807, 2.05) is 31.2 Å². The highest BCUT2D eigenvalue weighted by Gasteiger charge is 2.30. The molecule has 1 unspecified atom stereocenters. The highest BCUT2D eigenvalue weighted by atomic mass is 16.5. The van der Waals surface area contributed by atoms with Gasteiger partial charge in [0.05, 0.1) is 19.6 Å². The van der Waals surface area contributed by atoms with Gasteiger partial charge in [0.2, 0.25) is 5.91 Å². The number of aryl methyl sites for hydroxylation is 1. The van der Waals surface area contributed by atoms with Crippen LogP contribution in [0.5, 0.6) is 0 Å². The summed E-state index contributed by atoms with van der Waals surface area (Å²) in [5, 5.41) is 3.00. The minimum atomic E-state index is -0.424. The number of piperidine rings is 1. The third kappa shape index (κ3) is 5.70. The number of likely N-dealkylation sites (tertiary alicyclic amines) is 1. The van der Waals surface area contributed by atoms with Gasteiger partial charge in [-0.2, -0.15) is 0 Å². The first-order valence-electron chi connectivity index (χ1n) is 9.21. The van der Waals surface area contributed by atoms with Gasteiger partial charge in [-0.15, -0.1) is 0 Å². The van der Waals surface area contributed by atoms with E-state index in [9.17, 15) is 14.4 Å². The fourth-order valence-corrected chi connectivity index (χ4v) is 3.21. The number of ether oxygens (including phenoxy) is 1. The second kappa shape index (κ2) is 9.39. The second-order valence-corrected chi connectivity index (χ2v) is 7.19. The summed E-state index contributed by atoms with van der Waals surface area (Å²) in [6, 6.07) is 7.29. The number of benzene rings is 1. The largest absolute Gasteiger partial charge is 0.469 e. The Morgan fingerprint density at radius 1 is 1.19 bits per heavy atom. The molecule has 0 aliphatic carbocycles. The van der Waals surface area contributed by atoms with E-state index >= 15 is 0 Å². The van der Waals surface area contributed by atoms with Crippen LogP contribution in [0.2, 0.25) is 0 Å². The third-order valence-corrected chi connectivity index (χ3v) is 4.91. The maximum Gasteiger partial charge on any atom is 0.319 e. The van der Waals surface area contributed by atoms with E-state index in [2.05, 4.69) is 5.32 Å². The van der Waals surface area contributed by atoms with Crippen molar-refractivity contribution in [3.8, 4) is 0 Å². The van der Waals surface area contributed by atoms with Gasteiger partial charge >= 0.3 is 12.0 Å². The second-order valence-electron chi connectivity index (χ2n) is 7.19. The number of nitrogens with one attached hydrogen (secondary N) is 1. The van der Waals surface area contributed by atoms with Gasteiger partial charge < -0.3 is 19.9 Å². The Labute approximate surface area is 160 Å². The average Bonchev–Trinajstić information content (AvgIpc) is 2.67. The van der Waals surface area contributed by atoms with Gasteiger partial charge in [-0.25, -0.2) is 4.79 Å². The molecule has 27 heavy (non-hydrogen) atoms. The van der Waals surface area contributed by atoms with Crippen LogP contribution in [0.1, 0.15) is 36.4 Å². The van der Waals surface area contributed by atoms with Gasteiger partial charge in [0.25, 0.3) is 0 Å². The molecule has 2 rings (SSSR count). The SMILES string of the molecule is COC(=O)CC(NC(=O)C1CCN(C(=O)N(C)C)CC1)c1ccc(C)cc1. The van der Waals surface area contributed by atoms with Crippen molar-refractivity contribution in [3.63, 3.8) is 0 Å². The van der Waals surface area contributed by atoms with E-state index in [4.69, 9.17) is 4.74 Å². The molecule has 3 amide bonds. The highest BCUT2D eigenvalue weighted by molar-refractivity contribution is 5.81. The molecule has 1 fully saturated rings. The molecule has 1 aromatic carbocycles. The third-order valence-electron chi connectivity index (χ3n) is 4.91. The molecule has 0 saturated carbocycles. The lowest BCUT2D eigenvalue weighted by Gasteiger charge is -2.33. The lowest BCUT2D eigenvalue weighted by Crippen LogP contribution is -2.47. The molecular weight excluding hydrogens is 346 g/mol. The van der Waals surface area contributed by atoms with Crippen LogP contribution in [0.4, 0.5) is 4.79 Å². The zero-order valence-electron chi connectivity index (χ0n) is 16.5. The number of esters is 1. The van der Waals surface area contributed by atoms with E-state index in [1.54, 1.807) is 23.9 Å². The van der Waals surface area contributed by atoms with Crippen LogP contribution >= 0.6 is 0 Å². The standard InChI is InChI=1S/C20H29N3O4/c1-14-5-7-15(8-6-14)17(13-18(24)27-4)21-19(25)16-9-11-23(12-10-16)20(26)22(2)3/h5-8,16-17H,9-13H2,1-4H3,(H,21,25). The summed E-state index contributed by atoms with van der Waals surface area (Å²) in [6.07, 6.45) is 1.32. The summed E-state index contributed by atoms with van der Waals surface area (Å²) in [5.41, 5.74) is 1.99. The number of hydrogen-bond acceptors (Lipinski definition) is 4. The van der Waals surface area contributed by atoms with Crippen LogP contribution in [-0.4, -0.2) is 62.0 Å². The summed E-state index contributed by atoms with van der Waals surface area (Å²) in [5.74, 6) is -0.615. The molecule has 7 heteroatoms. The van der Waals surface area contributed by atoms with Crippen LogP contribution in [0.3, 0.4) is 0 Å². The normalized spacial score (nSPS) is 15.8. The number of urea groups is 1. The zero-order chi connectivity index (χ0) is 20.0. The van der Waals surface area contributed by atoms with Gasteiger partial charge in [-0.1, -0.05) is 29.8 Å². The molecule has 0 aromatic heterocycles. The van der Waals surface area contributed by atoms with Crippen LogP contribution in [0, 0.1) is 12.8 Å². The summed E-state index contributed by atoms with van der Waals surface area (Å²) >= 11 is 0. The van der Waals surface area contributed by atoms with Crippen LogP contribution in [0.15, 0.2) is 24.3 Å². The van der Waals surface area contributed by atoms with E-state index in [1.165, 1.54) is 7.11 Å². The van der Waals surface area contributed by atoms with E-state index in [-0.39, 0.29) is 30.2 Å².